The maximum Gasteiger partial charge on any atom is 0.416 e. The third kappa shape index (κ3) is 6.29. The molecule has 1 saturated carbocycles. The summed E-state index contributed by atoms with van der Waals surface area (Å²) in [6.45, 7) is 0. The number of carbonyl (C=O) groups excluding carboxylic acids is 1. The summed E-state index contributed by atoms with van der Waals surface area (Å²) in [4.78, 5) is 23.3. The molecule has 2 N–H and O–H groups in total. The SMILES string of the molecule is O=C(O)c1ccc(CCC2C(=O)CCC2/C=C/C(O)Cc2cccc(C(F)(F)F)c2)cc1. The number of carbonyl (C=O) groups is 2. The molecule has 3 atom stereocenters. The summed E-state index contributed by atoms with van der Waals surface area (Å²) in [6, 6.07) is 11.5. The number of aromatic carboxylic acids is 1. The van der Waals surface area contributed by atoms with Gasteiger partial charge in [0.05, 0.1) is 17.2 Å². The maximum absolute atomic E-state index is 12.9. The van der Waals surface area contributed by atoms with Crippen molar-refractivity contribution in [1.29, 1.82) is 0 Å². The number of aliphatic hydroxyl groups is 1. The minimum Gasteiger partial charge on any atom is -0.478 e. The molecule has 1 aliphatic rings. The van der Waals surface area contributed by atoms with Gasteiger partial charge in [0.2, 0.25) is 0 Å². The summed E-state index contributed by atoms with van der Waals surface area (Å²) in [5.74, 6) is -1.05. The highest BCUT2D eigenvalue weighted by molar-refractivity contribution is 5.87. The highest BCUT2D eigenvalue weighted by Gasteiger charge is 2.33. The number of hydrogen-bond donors (Lipinski definition) is 2. The largest absolute Gasteiger partial charge is 0.478 e. The second kappa shape index (κ2) is 10.1. The third-order valence-electron chi connectivity index (χ3n) is 5.88. The van der Waals surface area contributed by atoms with Crippen LogP contribution in [0, 0.1) is 11.8 Å². The van der Waals surface area contributed by atoms with Gasteiger partial charge in [0.25, 0.3) is 0 Å². The van der Waals surface area contributed by atoms with Crippen LogP contribution in [-0.2, 0) is 23.8 Å². The minimum absolute atomic E-state index is 0.0306. The van der Waals surface area contributed by atoms with E-state index in [0.29, 0.717) is 31.2 Å². The monoisotopic (exact) mass is 446 g/mol. The number of carboxylic acids is 1. The van der Waals surface area contributed by atoms with Crippen molar-refractivity contribution in [1.82, 2.24) is 0 Å². The van der Waals surface area contributed by atoms with E-state index in [4.69, 9.17) is 5.11 Å². The zero-order valence-electron chi connectivity index (χ0n) is 17.4. The number of hydrogen-bond acceptors (Lipinski definition) is 3. The molecule has 1 fully saturated rings. The Labute approximate surface area is 184 Å². The van der Waals surface area contributed by atoms with Gasteiger partial charge in [-0.05, 0) is 54.5 Å². The summed E-state index contributed by atoms with van der Waals surface area (Å²) in [5.41, 5.74) is 0.799. The van der Waals surface area contributed by atoms with Gasteiger partial charge in [-0.1, -0.05) is 42.5 Å². The van der Waals surface area contributed by atoms with Gasteiger partial charge in [-0.2, -0.15) is 13.2 Å². The average molecular weight is 446 g/mol. The van der Waals surface area contributed by atoms with E-state index >= 15 is 0 Å². The molecule has 2 aromatic carbocycles. The van der Waals surface area contributed by atoms with Crippen LogP contribution in [0.4, 0.5) is 13.2 Å². The molecule has 170 valence electrons. The molecule has 0 aromatic heterocycles. The first-order chi connectivity index (χ1) is 15.1. The number of alkyl halides is 3. The highest BCUT2D eigenvalue weighted by atomic mass is 19.4. The number of ketones is 1. The number of Topliss-reactive ketones (excluding diaryl/α,β-unsaturated/α-hetero) is 1. The van der Waals surface area contributed by atoms with Gasteiger partial charge < -0.3 is 10.2 Å². The van der Waals surface area contributed by atoms with E-state index < -0.39 is 23.8 Å². The Kier molecular flexibility index (Phi) is 7.51. The molecule has 7 heteroatoms. The smallest absolute Gasteiger partial charge is 0.416 e. The zero-order chi connectivity index (χ0) is 23.3. The van der Waals surface area contributed by atoms with Crippen LogP contribution in [0.25, 0.3) is 0 Å². The number of benzene rings is 2. The minimum atomic E-state index is -4.43. The molecule has 0 heterocycles. The first-order valence-electron chi connectivity index (χ1n) is 10.5. The van der Waals surface area contributed by atoms with Crippen LogP contribution in [0.1, 0.15) is 46.3 Å². The summed E-state index contributed by atoms with van der Waals surface area (Å²) in [6.07, 6.45) is 0.439. The van der Waals surface area contributed by atoms with Gasteiger partial charge >= 0.3 is 12.1 Å². The topological polar surface area (TPSA) is 74.6 Å². The average Bonchev–Trinajstić information content (AvgIpc) is 3.10. The van der Waals surface area contributed by atoms with Crippen LogP contribution in [0.2, 0.25) is 0 Å². The quantitative estimate of drug-likeness (QED) is 0.554. The van der Waals surface area contributed by atoms with E-state index in [-0.39, 0.29) is 29.6 Å². The molecule has 3 unspecified atom stereocenters. The molecule has 4 nitrogen and oxygen atoms in total. The maximum atomic E-state index is 12.9. The van der Waals surface area contributed by atoms with Crippen molar-refractivity contribution >= 4 is 11.8 Å². The van der Waals surface area contributed by atoms with Crippen LogP contribution >= 0.6 is 0 Å². The van der Waals surface area contributed by atoms with Crippen LogP contribution in [-0.4, -0.2) is 28.1 Å². The van der Waals surface area contributed by atoms with Crippen molar-refractivity contribution in [2.45, 2.75) is 44.4 Å². The van der Waals surface area contributed by atoms with Gasteiger partial charge in [0.15, 0.2) is 0 Å². The summed E-state index contributed by atoms with van der Waals surface area (Å²) < 4.78 is 38.6. The fourth-order valence-electron chi connectivity index (χ4n) is 4.13. The van der Waals surface area contributed by atoms with Gasteiger partial charge in [-0.3, -0.25) is 4.79 Å². The molecule has 0 saturated heterocycles. The van der Waals surface area contributed by atoms with E-state index in [2.05, 4.69) is 0 Å². The molecular weight excluding hydrogens is 421 g/mol. The fraction of sp³-hybridized carbons (Fsp3) is 0.360. The van der Waals surface area contributed by atoms with Crippen LogP contribution in [0.3, 0.4) is 0 Å². The number of aliphatic hydroxyl groups excluding tert-OH is 1. The van der Waals surface area contributed by atoms with Gasteiger partial charge in [-0.15, -0.1) is 0 Å². The Balaban J connectivity index is 1.58. The highest BCUT2D eigenvalue weighted by Crippen LogP contribution is 2.34. The van der Waals surface area contributed by atoms with E-state index in [9.17, 15) is 27.9 Å². The number of carboxylic acid groups (broad SMARTS) is 1. The number of rotatable bonds is 8. The van der Waals surface area contributed by atoms with Crippen molar-refractivity contribution in [2.24, 2.45) is 11.8 Å². The van der Waals surface area contributed by atoms with E-state index in [1.54, 1.807) is 30.4 Å². The van der Waals surface area contributed by atoms with Crippen molar-refractivity contribution in [3.8, 4) is 0 Å². The van der Waals surface area contributed by atoms with Crippen LogP contribution in [0.15, 0.2) is 60.7 Å². The van der Waals surface area contributed by atoms with Crippen molar-refractivity contribution in [3.05, 3.63) is 82.9 Å². The predicted molar refractivity (Wildman–Crippen MR) is 113 cm³/mol. The molecule has 0 amide bonds. The lowest BCUT2D eigenvalue weighted by atomic mass is 9.88. The lowest BCUT2D eigenvalue weighted by Gasteiger charge is -2.16. The summed E-state index contributed by atoms with van der Waals surface area (Å²) in [5, 5.41) is 19.3. The Bertz CT molecular complexity index is 979. The van der Waals surface area contributed by atoms with E-state index in [0.717, 1.165) is 17.7 Å². The molecule has 32 heavy (non-hydrogen) atoms. The third-order valence-corrected chi connectivity index (χ3v) is 5.88. The molecule has 0 bridgehead atoms. The van der Waals surface area contributed by atoms with Crippen molar-refractivity contribution < 1.29 is 33.0 Å². The summed E-state index contributed by atoms with van der Waals surface area (Å²) in [7, 11) is 0. The standard InChI is InChI=1S/C25H25F3O4/c26-25(27,28)20-3-1-2-17(14-20)15-21(29)11-9-18-10-13-23(30)22(18)12-6-16-4-7-19(8-5-16)24(31)32/h1-5,7-9,11,14,18,21-22,29H,6,10,12-13,15H2,(H,31,32)/b11-9+. The molecule has 3 rings (SSSR count). The van der Waals surface area contributed by atoms with Crippen LogP contribution < -0.4 is 0 Å². The second-order valence-electron chi connectivity index (χ2n) is 8.17. The molecular formula is C25H25F3O4. The summed E-state index contributed by atoms with van der Waals surface area (Å²) >= 11 is 0. The lowest BCUT2D eigenvalue weighted by Crippen LogP contribution is -2.15. The fourth-order valence-corrected chi connectivity index (χ4v) is 4.13. The van der Waals surface area contributed by atoms with E-state index in [1.165, 1.54) is 18.2 Å². The zero-order valence-corrected chi connectivity index (χ0v) is 17.4. The Morgan fingerprint density at radius 2 is 1.84 bits per heavy atom. The Morgan fingerprint density at radius 3 is 2.50 bits per heavy atom. The normalized spacial score (nSPS) is 20.1. The Morgan fingerprint density at radius 1 is 1.12 bits per heavy atom. The molecule has 1 aliphatic carbocycles. The van der Waals surface area contributed by atoms with Crippen molar-refractivity contribution in [3.63, 3.8) is 0 Å². The molecule has 0 spiro atoms. The number of halogens is 3. The predicted octanol–water partition coefficient (Wildman–Crippen LogP) is 5.09. The molecule has 0 radical (unpaired) electrons. The van der Waals surface area contributed by atoms with Gasteiger partial charge in [-0.25, -0.2) is 4.79 Å². The number of allylic oxidation sites excluding steroid dienone is 1. The first kappa shape index (κ1) is 23.7. The first-order valence-corrected chi connectivity index (χ1v) is 10.5. The molecule has 0 aliphatic heterocycles. The molecule has 2 aromatic rings. The second-order valence-corrected chi connectivity index (χ2v) is 8.17. The van der Waals surface area contributed by atoms with Crippen LogP contribution in [0.5, 0.6) is 0 Å². The van der Waals surface area contributed by atoms with E-state index in [1.807, 2.05) is 0 Å². The number of aryl methyl sites for hydroxylation is 1. The van der Waals surface area contributed by atoms with Gasteiger partial charge in [0.1, 0.15) is 5.78 Å². The lowest BCUT2D eigenvalue weighted by molar-refractivity contribution is -0.137. The van der Waals surface area contributed by atoms with Gasteiger partial charge in [0, 0.05) is 18.8 Å². The Hall–Kier alpha value is -2.93. The van der Waals surface area contributed by atoms with Crippen molar-refractivity contribution in [2.75, 3.05) is 0 Å².